The molecule has 0 aromatic heterocycles. The fourth-order valence-corrected chi connectivity index (χ4v) is 2.24. The number of carbonyl (C=O) groups is 1. The number of hydrogen-bond donors (Lipinski definition) is 0. The minimum absolute atomic E-state index is 0.167. The molecule has 4 nitrogen and oxygen atoms in total. The molecule has 0 bridgehead atoms. The van der Waals surface area contributed by atoms with E-state index in [0.717, 1.165) is 31.8 Å². The van der Waals surface area contributed by atoms with Gasteiger partial charge < -0.3 is 14.5 Å². The van der Waals surface area contributed by atoms with Crippen molar-refractivity contribution in [1.82, 2.24) is 9.80 Å². The van der Waals surface area contributed by atoms with E-state index in [1.54, 1.807) is 4.90 Å². The third-order valence-electron chi connectivity index (χ3n) is 3.00. The van der Waals surface area contributed by atoms with E-state index in [-0.39, 0.29) is 11.7 Å². The van der Waals surface area contributed by atoms with Crippen LogP contribution in [-0.2, 0) is 4.74 Å². The molecule has 106 valence electrons. The van der Waals surface area contributed by atoms with Crippen LogP contribution >= 0.6 is 0 Å². The first-order valence-electron chi connectivity index (χ1n) is 6.94. The molecule has 2 aliphatic heterocycles. The Bertz CT molecular complexity index is 255. The predicted octanol–water partition coefficient (Wildman–Crippen LogP) is 2.59. The third-order valence-corrected chi connectivity index (χ3v) is 3.00. The van der Waals surface area contributed by atoms with Crippen LogP contribution in [0.15, 0.2) is 0 Å². The zero-order valence-electron chi connectivity index (χ0n) is 12.5. The molecule has 4 heteroatoms. The summed E-state index contributed by atoms with van der Waals surface area (Å²) in [7, 11) is 2.15. The van der Waals surface area contributed by atoms with Gasteiger partial charge in [-0.05, 0) is 46.6 Å². The number of likely N-dealkylation sites (tertiary alicyclic amines) is 2. The van der Waals surface area contributed by atoms with Gasteiger partial charge in [-0.25, -0.2) is 4.79 Å². The molecule has 0 saturated carbocycles. The summed E-state index contributed by atoms with van der Waals surface area (Å²) in [4.78, 5) is 15.5. The van der Waals surface area contributed by atoms with E-state index in [1.807, 2.05) is 20.8 Å². The minimum Gasteiger partial charge on any atom is -0.444 e. The quantitative estimate of drug-likeness (QED) is 0.668. The Balaban J connectivity index is 0.000000225. The van der Waals surface area contributed by atoms with Gasteiger partial charge in [-0.3, -0.25) is 0 Å². The number of amides is 1. The summed E-state index contributed by atoms with van der Waals surface area (Å²) in [5.41, 5.74) is -0.361. The number of rotatable bonds is 0. The first-order chi connectivity index (χ1) is 8.28. The molecule has 0 atom stereocenters. The van der Waals surface area contributed by atoms with Crippen LogP contribution in [-0.4, -0.2) is 54.7 Å². The molecule has 2 fully saturated rings. The minimum atomic E-state index is -0.361. The largest absolute Gasteiger partial charge is 0.444 e. The zero-order valence-corrected chi connectivity index (χ0v) is 12.5. The van der Waals surface area contributed by atoms with Crippen molar-refractivity contribution in [3.63, 3.8) is 0 Å². The van der Waals surface area contributed by atoms with E-state index in [0.29, 0.717) is 0 Å². The van der Waals surface area contributed by atoms with Crippen molar-refractivity contribution in [2.24, 2.45) is 5.92 Å². The molecular formula is C14H28N2O2. The molecular weight excluding hydrogens is 228 g/mol. The summed E-state index contributed by atoms with van der Waals surface area (Å²) in [6.45, 7) is 12.3. The lowest BCUT2D eigenvalue weighted by Gasteiger charge is -2.33. The molecule has 0 N–H and O–H groups in total. The van der Waals surface area contributed by atoms with Crippen LogP contribution in [0.1, 0.15) is 40.5 Å². The van der Waals surface area contributed by atoms with Gasteiger partial charge in [-0.1, -0.05) is 6.92 Å². The molecule has 0 radical (unpaired) electrons. The summed E-state index contributed by atoms with van der Waals surface area (Å²) in [6.07, 6.45) is 2.05. The second kappa shape index (κ2) is 6.41. The maximum absolute atomic E-state index is 11.4. The lowest BCUT2D eigenvalue weighted by atomic mass is 10.1. The molecule has 2 heterocycles. The van der Waals surface area contributed by atoms with E-state index < -0.39 is 0 Å². The van der Waals surface area contributed by atoms with Crippen LogP contribution in [0.4, 0.5) is 4.79 Å². The van der Waals surface area contributed by atoms with Crippen molar-refractivity contribution < 1.29 is 9.53 Å². The van der Waals surface area contributed by atoms with Crippen LogP contribution < -0.4 is 0 Å². The van der Waals surface area contributed by atoms with Gasteiger partial charge in [0.25, 0.3) is 0 Å². The summed E-state index contributed by atoms with van der Waals surface area (Å²) in [6, 6.07) is 0. The highest BCUT2D eigenvalue weighted by Gasteiger charge is 2.23. The number of ether oxygens (including phenoxy) is 1. The van der Waals surface area contributed by atoms with Crippen molar-refractivity contribution >= 4 is 6.09 Å². The third kappa shape index (κ3) is 5.71. The Morgan fingerprint density at radius 3 is 1.94 bits per heavy atom. The maximum Gasteiger partial charge on any atom is 0.410 e. The first kappa shape index (κ1) is 15.3. The average Bonchev–Trinajstić information content (AvgIpc) is 2.66. The maximum atomic E-state index is 11.4. The smallest absolute Gasteiger partial charge is 0.410 e. The first-order valence-corrected chi connectivity index (χ1v) is 6.94. The average molecular weight is 256 g/mol. The van der Waals surface area contributed by atoms with Gasteiger partial charge in [0.05, 0.1) is 0 Å². The molecule has 2 aliphatic rings. The summed E-state index contributed by atoms with van der Waals surface area (Å²) < 4.78 is 5.21. The standard InChI is InChI=1S/C9H17NO2.C5H11N/c1-9(2,3)12-8(11)10-6-4-5-7-10;1-5-3-6(2)4-5/h4-7H2,1-3H3;5H,3-4H2,1-2H3. The molecule has 0 spiro atoms. The SMILES string of the molecule is CC(C)(C)OC(=O)N1CCCC1.CC1CN(C)C1. The highest BCUT2D eigenvalue weighted by Crippen LogP contribution is 2.14. The van der Waals surface area contributed by atoms with Crippen molar-refractivity contribution in [3.8, 4) is 0 Å². The highest BCUT2D eigenvalue weighted by molar-refractivity contribution is 5.68. The van der Waals surface area contributed by atoms with Crippen LogP contribution in [0.2, 0.25) is 0 Å². The molecule has 1 amide bonds. The Hall–Kier alpha value is -0.770. The Morgan fingerprint density at radius 1 is 1.17 bits per heavy atom. The number of hydrogen-bond acceptors (Lipinski definition) is 3. The van der Waals surface area contributed by atoms with Crippen LogP contribution in [0.25, 0.3) is 0 Å². The molecule has 18 heavy (non-hydrogen) atoms. The van der Waals surface area contributed by atoms with Gasteiger partial charge in [0.2, 0.25) is 0 Å². The van der Waals surface area contributed by atoms with Crippen LogP contribution in [0.3, 0.4) is 0 Å². The Morgan fingerprint density at radius 2 is 1.67 bits per heavy atom. The number of nitrogens with zero attached hydrogens (tertiary/aromatic N) is 2. The van der Waals surface area contributed by atoms with Gasteiger partial charge in [-0.15, -0.1) is 0 Å². The normalized spacial score (nSPS) is 21.1. The summed E-state index contributed by atoms with van der Waals surface area (Å²) in [5, 5.41) is 0. The van der Waals surface area contributed by atoms with Gasteiger partial charge in [0.15, 0.2) is 0 Å². The van der Waals surface area contributed by atoms with Crippen molar-refractivity contribution in [3.05, 3.63) is 0 Å². The molecule has 0 aliphatic carbocycles. The Labute approximate surface area is 111 Å². The van der Waals surface area contributed by atoms with Crippen LogP contribution in [0, 0.1) is 5.92 Å². The lowest BCUT2D eigenvalue weighted by Crippen LogP contribution is -2.41. The van der Waals surface area contributed by atoms with E-state index in [1.165, 1.54) is 13.1 Å². The monoisotopic (exact) mass is 256 g/mol. The highest BCUT2D eigenvalue weighted by atomic mass is 16.6. The molecule has 2 saturated heterocycles. The fraction of sp³-hybridized carbons (Fsp3) is 0.929. The van der Waals surface area contributed by atoms with E-state index in [9.17, 15) is 4.79 Å². The lowest BCUT2D eigenvalue weighted by molar-refractivity contribution is 0.0295. The second-order valence-electron chi connectivity index (χ2n) is 6.50. The van der Waals surface area contributed by atoms with E-state index >= 15 is 0 Å². The molecule has 0 aromatic rings. The van der Waals surface area contributed by atoms with E-state index in [4.69, 9.17) is 4.74 Å². The molecule has 2 rings (SSSR count). The second-order valence-corrected chi connectivity index (χ2v) is 6.50. The van der Waals surface area contributed by atoms with Crippen molar-refractivity contribution in [1.29, 1.82) is 0 Å². The molecule has 0 unspecified atom stereocenters. The van der Waals surface area contributed by atoms with Crippen LogP contribution in [0.5, 0.6) is 0 Å². The molecule has 0 aromatic carbocycles. The van der Waals surface area contributed by atoms with Crippen molar-refractivity contribution in [2.45, 2.75) is 46.1 Å². The van der Waals surface area contributed by atoms with Crippen molar-refractivity contribution in [2.75, 3.05) is 33.2 Å². The summed E-state index contributed by atoms with van der Waals surface area (Å²) >= 11 is 0. The van der Waals surface area contributed by atoms with Gasteiger partial charge in [-0.2, -0.15) is 0 Å². The van der Waals surface area contributed by atoms with Gasteiger partial charge in [0, 0.05) is 26.2 Å². The van der Waals surface area contributed by atoms with E-state index in [2.05, 4.69) is 18.9 Å². The van der Waals surface area contributed by atoms with Gasteiger partial charge >= 0.3 is 6.09 Å². The summed E-state index contributed by atoms with van der Waals surface area (Å²) in [5.74, 6) is 0.968. The predicted molar refractivity (Wildman–Crippen MR) is 73.7 cm³/mol. The number of carbonyl (C=O) groups excluding carboxylic acids is 1. The van der Waals surface area contributed by atoms with Gasteiger partial charge in [0.1, 0.15) is 5.60 Å². The topological polar surface area (TPSA) is 32.8 Å². The Kier molecular flexibility index (Phi) is 5.45. The fourth-order valence-electron chi connectivity index (χ4n) is 2.24. The zero-order chi connectivity index (χ0) is 13.8.